The topological polar surface area (TPSA) is 40.5 Å². The molecule has 8 atom stereocenters. The second-order valence-electron chi connectivity index (χ2n) is 12.5. The third-order valence-corrected chi connectivity index (χ3v) is 10.9. The summed E-state index contributed by atoms with van der Waals surface area (Å²) < 4.78 is 14.1. The summed E-state index contributed by atoms with van der Waals surface area (Å²) in [4.78, 5) is 14.2. The average Bonchev–Trinajstić information content (AvgIpc) is 3.20. The van der Waals surface area contributed by atoms with Gasteiger partial charge in [0.1, 0.15) is 5.82 Å². The Bertz CT molecular complexity index is 1030. The highest BCUT2D eigenvalue weighted by Crippen LogP contribution is 2.67. The van der Waals surface area contributed by atoms with E-state index in [-0.39, 0.29) is 23.2 Å². The Morgan fingerprint density at radius 1 is 1.14 bits per heavy atom. The van der Waals surface area contributed by atoms with Crippen LogP contribution in [0.15, 0.2) is 48.1 Å². The molecule has 4 heteroatoms. The number of hydrogen-bond acceptors (Lipinski definition) is 2. The highest BCUT2D eigenvalue weighted by atomic mass is 19.1. The Labute approximate surface area is 210 Å². The predicted molar refractivity (Wildman–Crippen MR) is 139 cm³/mol. The van der Waals surface area contributed by atoms with Gasteiger partial charge >= 0.3 is 0 Å². The van der Waals surface area contributed by atoms with E-state index in [4.69, 9.17) is 0 Å². The van der Waals surface area contributed by atoms with Crippen LogP contribution in [0.5, 0.6) is 0 Å². The monoisotopic (exact) mass is 479 g/mol. The van der Waals surface area contributed by atoms with Crippen LogP contribution in [0.3, 0.4) is 0 Å². The summed E-state index contributed by atoms with van der Waals surface area (Å²) in [5, 5.41) is 10.3. The van der Waals surface area contributed by atoms with Crippen LogP contribution < -0.4 is 4.90 Å². The van der Waals surface area contributed by atoms with Crippen LogP contribution in [0.4, 0.5) is 10.1 Å². The number of rotatable bonds is 4. The van der Waals surface area contributed by atoms with E-state index in [2.05, 4.69) is 32.9 Å². The number of fused-ring (bicyclic) bond motifs is 5. The van der Waals surface area contributed by atoms with Gasteiger partial charge in [0.15, 0.2) is 0 Å². The lowest BCUT2D eigenvalue weighted by molar-refractivity contribution is -0.114. The Morgan fingerprint density at radius 2 is 1.91 bits per heavy atom. The van der Waals surface area contributed by atoms with Gasteiger partial charge in [0.2, 0.25) is 5.91 Å². The van der Waals surface area contributed by atoms with E-state index in [0.717, 1.165) is 37.0 Å². The van der Waals surface area contributed by atoms with Crippen molar-refractivity contribution in [2.45, 2.75) is 78.2 Å². The molecule has 0 aliphatic heterocycles. The molecule has 35 heavy (non-hydrogen) atoms. The summed E-state index contributed by atoms with van der Waals surface area (Å²) in [5.74, 6) is 2.56. The van der Waals surface area contributed by atoms with Crippen molar-refractivity contribution in [2.75, 3.05) is 11.9 Å². The van der Waals surface area contributed by atoms with Gasteiger partial charge < -0.3 is 10.0 Å². The Balaban J connectivity index is 1.30. The number of halogens is 1. The molecule has 3 fully saturated rings. The van der Waals surface area contributed by atoms with E-state index < -0.39 is 0 Å². The number of hydrogen-bond donors (Lipinski definition) is 1. The van der Waals surface area contributed by atoms with Crippen molar-refractivity contribution in [3.05, 3.63) is 53.9 Å². The van der Waals surface area contributed by atoms with Crippen molar-refractivity contribution >= 4 is 11.6 Å². The molecule has 0 aromatic heterocycles. The molecule has 0 heterocycles. The number of amides is 1. The van der Waals surface area contributed by atoms with Gasteiger partial charge in [0.25, 0.3) is 0 Å². The zero-order valence-electron chi connectivity index (χ0n) is 21.8. The van der Waals surface area contributed by atoms with Crippen LogP contribution in [0.1, 0.15) is 72.1 Å². The normalized spacial score (nSPS) is 39.4. The number of allylic oxidation sites excluding steroid dienone is 2. The quantitative estimate of drug-likeness (QED) is 0.376. The molecule has 1 N–H and O–H groups in total. The molecule has 1 aromatic rings. The largest absolute Gasteiger partial charge is 0.393 e. The van der Waals surface area contributed by atoms with Crippen molar-refractivity contribution in [1.82, 2.24) is 0 Å². The average molecular weight is 480 g/mol. The molecule has 4 aliphatic rings. The van der Waals surface area contributed by atoms with E-state index in [1.54, 1.807) is 31.3 Å². The van der Waals surface area contributed by atoms with Gasteiger partial charge in [-0.2, -0.15) is 0 Å². The molecule has 5 rings (SSSR count). The summed E-state index contributed by atoms with van der Waals surface area (Å²) in [6.45, 7) is 7.27. The number of likely N-dealkylation sites (N-methyl/N-ethyl adjacent to an activating group) is 1. The summed E-state index contributed by atoms with van der Waals surface area (Å²) in [6.07, 6.45) is 15.3. The van der Waals surface area contributed by atoms with Crippen molar-refractivity contribution in [1.29, 1.82) is 0 Å². The van der Waals surface area contributed by atoms with Gasteiger partial charge in [-0.15, -0.1) is 0 Å². The van der Waals surface area contributed by atoms with Crippen molar-refractivity contribution in [3.63, 3.8) is 0 Å². The zero-order chi connectivity index (χ0) is 25.0. The van der Waals surface area contributed by atoms with Gasteiger partial charge in [-0.3, -0.25) is 4.79 Å². The number of benzene rings is 1. The standard InChI is InChI=1S/C31H42FNO2/c1-20(9-14-29(35)33(4)28-8-6-5-7-27(28)32)24-12-13-25-23-11-10-21-19-22(34)15-17-30(21,2)26(23)16-18-31(24,25)3/h5-10,14,20,22-26,34H,11-13,15-19H2,1-4H3/b14-9+/t20-,22+,23+,24-,25+,26+,30+,31-/m1/s1. The smallest absolute Gasteiger partial charge is 0.250 e. The lowest BCUT2D eigenvalue weighted by atomic mass is 9.47. The Kier molecular flexibility index (Phi) is 6.49. The van der Waals surface area contributed by atoms with Gasteiger partial charge in [0, 0.05) is 7.05 Å². The molecular weight excluding hydrogens is 437 g/mol. The van der Waals surface area contributed by atoms with Crippen LogP contribution in [0.25, 0.3) is 0 Å². The highest BCUT2D eigenvalue weighted by molar-refractivity contribution is 6.01. The van der Waals surface area contributed by atoms with E-state index in [1.807, 2.05) is 0 Å². The van der Waals surface area contributed by atoms with Crippen LogP contribution in [-0.2, 0) is 4.79 Å². The molecule has 190 valence electrons. The van der Waals surface area contributed by atoms with Crippen LogP contribution in [0.2, 0.25) is 0 Å². The number of carbonyl (C=O) groups is 1. The van der Waals surface area contributed by atoms with E-state index in [0.29, 0.717) is 22.9 Å². The van der Waals surface area contributed by atoms with E-state index >= 15 is 0 Å². The highest BCUT2D eigenvalue weighted by Gasteiger charge is 2.58. The summed E-state index contributed by atoms with van der Waals surface area (Å²) in [5.41, 5.74) is 2.43. The molecule has 3 nitrogen and oxygen atoms in total. The Hall–Kier alpha value is -1.94. The molecular formula is C31H42FNO2. The Morgan fingerprint density at radius 3 is 2.69 bits per heavy atom. The molecule has 0 bridgehead atoms. The zero-order valence-corrected chi connectivity index (χ0v) is 21.8. The molecule has 0 radical (unpaired) electrons. The van der Waals surface area contributed by atoms with Crippen LogP contribution in [0, 0.1) is 46.2 Å². The first kappa shape index (κ1) is 24.7. The molecule has 0 spiro atoms. The molecule has 0 saturated heterocycles. The maximum absolute atomic E-state index is 14.1. The molecule has 4 aliphatic carbocycles. The number of para-hydroxylation sites is 1. The van der Waals surface area contributed by atoms with Crippen LogP contribution >= 0.6 is 0 Å². The minimum Gasteiger partial charge on any atom is -0.393 e. The van der Waals surface area contributed by atoms with Gasteiger partial charge in [-0.1, -0.05) is 50.6 Å². The van der Waals surface area contributed by atoms with Crippen molar-refractivity contribution in [3.8, 4) is 0 Å². The lowest BCUT2D eigenvalue weighted by Crippen LogP contribution is -2.50. The minimum atomic E-state index is -0.376. The SMILES string of the molecule is C[C@H](/C=C/C(=O)N(C)c1ccccc1F)[C@H]1CC[C@H]2[C@@H]3CC=C4C[C@@H](O)CC[C@]4(C)[C@H]3CC[C@]12C. The van der Waals surface area contributed by atoms with Gasteiger partial charge in [-0.25, -0.2) is 4.39 Å². The second-order valence-corrected chi connectivity index (χ2v) is 12.5. The molecule has 1 aromatic carbocycles. The van der Waals surface area contributed by atoms with E-state index in [9.17, 15) is 14.3 Å². The number of carbonyl (C=O) groups excluding carboxylic acids is 1. The maximum Gasteiger partial charge on any atom is 0.250 e. The molecule has 0 unspecified atom stereocenters. The number of aliphatic hydroxyl groups is 1. The first-order valence-electron chi connectivity index (χ1n) is 13.7. The minimum absolute atomic E-state index is 0.150. The first-order valence-corrected chi connectivity index (χ1v) is 13.7. The van der Waals surface area contributed by atoms with Crippen molar-refractivity contribution < 1.29 is 14.3 Å². The van der Waals surface area contributed by atoms with Gasteiger partial charge in [-0.05, 0) is 110 Å². The van der Waals surface area contributed by atoms with Gasteiger partial charge in [0.05, 0.1) is 11.8 Å². The fourth-order valence-corrected chi connectivity index (χ4v) is 8.87. The lowest BCUT2D eigenvalue weighted by Gasteiger charge is -2.58. The maximum atomic E-state index is 14.1. The first-order chi connectivity index (χ1) is 16.6. The molecule has 3 saturated carbocycles. The van der Waals surface area contributed by atoms with Crippen molar-refractivity contribution in [2.24, 2.45) is 40.4 Å². The fraction of sp³-hybridized carbons (Fsp3) is 0.645. The summed E-state index contributed by atoms with van der Waals surface area (Å²) >= 11 is 0. The number of aliphatic hydroxyl groups excluding tert-OH is 1. The summed E-state index contributed by atoms with van der Waals surface area (Å²) in [6, 6.07) is 6.43. The predicted octanol–water partition coefficient (Wildman–Crippen LogP) is 6.92. The molecule has 1 amide bonds. The van der Waals surface area contributed by atoms with E-state index in [1.165, 1.54) is 48.6 Å². The third kappa shape index (κ3) is 4.10. The number of nitrogens with zero attached hydrogens (tertiary/aromatic N) is 1. The summed E-state index contributed by atoms with van der Waals surface area (Å²) in [7, 11) is 1.64. The third-order valence-electron chi connectivity index (χ3n) is 10.9. The fourth-order valence-electron chi connectivity index (χ4n) is 8.87. The second kappa shape index (κ2) is 9.18. The van der Waals surface area contributed by atoms with Crippen LogP contribution in [-0.4, -0.2) is 24.2 Å². The number of anilines is 1.